The Morgan fingerprint density at radius 2 is 2.11 bits per heavy atom. The molecule has 2 heterocycles. The van der Waals surface area contributed by atoms with Gasteiger partial charge in [-0.1, -0.05) is 6.92 Å². The van der Waals surface area contributed by atoms with Gasteiger partial charge in [-0.25, -0.2) is 0 Å². The molecule has 0 unspecified atom stereocenters. The molecule has 0 aromatic carbocycles. The van der Waals surface area contributed by atoms with E-state index in [2.05, 4.69) is 55.3 Å². The van der Waals surface area contributed by atoms with Gasteiger partial charge in [0, 0.05) is 22.5 Å². The van der Waals surface area contributed by atoms with Crippen molar-refractivity contribution in [1.82, 2.24) is 15.5 Å². The molecule has 0 saturated carbocycles. The summed E-state index contributed by atoms with van der Waals surface area (Å²) >= 11 is 1.84. The van der Waals surface area contributed by atoms with E-state index < -0.39 is 0 Å². The third-order valence-corrected chi connectivity index (χ3v) is 4.03. The van der Waals surface area contributed by atoms with Crippen LogP contribution in [-0.4, -0.2) is 15.7 Å². The van der Waals surface area contributed by atoms with Gasteiger partial charge in [0.25, 0.3) is 0 Å². The van der Waals surface area contributed by atoms with Crippen molar-refractivity contribution in [2.24, 2.45) is 0 Å². The maximum atomic E-state index is 4.18. The SMILES string of the molecule is CCc1ccc(-c2[nH]ncc2CNC(C)(C)C)s1. The first-order valence-corrected chi connectivity index (χ1v) is 7.17. The van der Waals surface area contributed by atoms with Gasteiger partial charge in [0.1, 0.15) is 0 Å². The minimum atomic E-state index is 0.124. The highest BCUT2D eigenvalue weighted by Crippen LogP contribution is 2.29. The molecule has 0 amide bonds. The maximum Gasteiger partial charge on any atom is 0.0794 e. The third kappa shape index (κ3) is 3.21. The molecule has 2 rings (SSSR count). The minimum absolute atomic E-state index is 0.124. The van der Waals surface area contributed by atoms with Gasteiger partial charge in [-0.3, -0.25) is 5.10 Å². The van der Waals surface area contributed by atoms with Crippen molar-refractivity contribution in [2.45, 2.75) is 46.2 Å². The van der Waals surface area contributed by atoms with Crippen LogP contribution in [0.2, 0.25) is 0 Å². The fraction of sp³-hybridized carbons (Fsp3) is 0.500. The van der Waals surface area contributed by atoms with Crippen molar-refractivity contribution in [3.63, 3.8) is 0 Å². The third-order valence-electron chi connectivity index (χ3n) is 2.78. The largest absolute Gasteiger partial charge is 0.308 e. The topological polar surface area (TPSA) is 40.7 Å². The molecule has 0 spiro atoms. The quantitative estimate of drug-likeness (QED) is 0.885. The number of aromatic nitrogens is 2. The summed E-state index contributed by atoms with van der Waals surface area (Å²) in [6.45, 7) is 9.55. The lowest BCUT2D eigenvalue weighted by atomic mass is 10.1. The van der Waals surface area contributed by atoms with Crippen molar-refractivity contribution in [2.75, 3.05) is 0 Å². The Balaban J connectivity index is 2.17. The summed E-state index contributed by atoms with van der Waals surface area (Å²) in [5.41, 5.74) is 2.50. The van der Waals surface area contributed by atoms with Crippen LogP contribution in [0.25, 0.3) is 10.6 Å². The summed E-state index contributed by atoms with van der Waals surface area (Å²) in [5.74, 6) is 0. The van der Waals surface area contributed by atoms with Gasteiger partial charge in [0.2, 0.25) is 0 Å². The molecule has 0 aliphatic carbocycles. The van der Waals surface area contributed by atoms with Gasteiger partial charge in [0.05, 0.1) is 16.8 Å². The Morgan fingerprint density at radius 3 is 2.72 bits per heavy atom. The van der Waals surface area contributed by atoms with Gasteiger partial charge < -0.3 is 5.32 Å². The Kier molecular flexibility index (Phi) is 3.88. The fourth-order valence-electron chi connectivity index (χ4n) is 1.72. The monoisotopic (exact) mass is 263 g/mol. The number of nitrogens with zero attached hydrogens (tertiary/aromatic N) is 1. The van der Waals surface area contributed by atoms with E-state index >= 15 is 0 Å². The summed E-state index contributed by atoms with van der Waals surface area (Å²) in [6.07, 6.45) is 3.01. The fourth-order valence-corrected chi connectivity index (χ4v) is 2.70. The normalized spacial score (nSPS) is 12.0. The maximum absolute atomic E-state index is 4.18. The molecule has 0 aliphatic rings. The minimum Gasteiger partial charge on any atom is -0.308 e. The van der Waals surface area contributed by atoms with Crippen LogP contribution in [0.5, 0.6) is 0 Å². The number of aromatic amines is 1. The lowest BCUT2D eigenvalue weighted by molar-refractivity contribution is 0.424. The van der Waals surface area contributed by atoms with Crippen molar-refractivity contribution in [1.29, 1.82) is 0 Å². The summed E-state index contributed by atoms with van der Waals surface area (Å²) in [5, 5.41) is 10.8. The van der Waals surface area contributed by atoms with Crippen molar-refractivity contribution in [3.05, 3.63) is 28.8 Å². The first kappa shape index (κ1) is 13.3. The Hall–Kier alpha value is -1.13. The lowest BCUT2D eigenvalue weighted by Gasteiger charge is -2.20. The molecule has 2 N–H and O–H groups in total. The van der Waals surface area contributed by atoms with E-state index in [1.165, 1.54) is 15.3 Å². The van der Waals surface area contributed by atoms with Crippen molar-refractivity contribution in [3.8, 4) is 10.6 Å². The van der Waals surface area contributed by atoms with E-state index in [0.717, 1.165) is 18.7 Å². The molecule has 0 aliphatic heterocycles. The number of aryl methyl sites for hydroxylation is 1. The highest BCUT2D eigenvalue weighted by Gasteiger charge is 2.13. The van der Waals surface area contributed by atoms with Crippen LogP contribution in [0.15, 0.2) is 18.3 Å². The lowest BCUT2D eigenvalue weighted by Crippen LogP contribution is -2.35. The highest BCUT2D eigenvalue weighted by molar-refractivity contribution is 7.15. The molecule has 18 heavy (non-hydrogen) atoms. The molecule has 0 atom stereocenters. The standard InChI is InChI=1S/C14H21N3S/c1-5-11-6-7-12(18-11)13-10(9-16-17-13)8-15-14(2,3)4/h6-7,9,15H,5,8H2,1-4H3,(H,16,17). The van der Waals surface area contributed by atoms with Gasteiger partial charge in [-0.15, -0.1) is 11.3 Å². The van der Waals surface area contributed by atoms with Crippen LogP contribution in [0.3, 0.4) is 0 Å². The van der Waals surface area contributed by atoms with Crippen molar-refractivity contribution < 1.29 is 0 Å². The molecule has 3 nitrogen and oxygen atoms in total. The first-order chi connectivity index (χ1) is 8.49. The summed E-state index contributed by atoms with van der Waals surface area (Å²) in [4.78, 5) is 2.68. The molecule has 2 aromatic rings. The highest BCUT2D eigenvalue weighted by atomic mass is 32.1. The number of H-pyrrole nitrogens is 1. The van der Waals surface area contributed by atoms with Crippen LogP contribution in [0.1, 0.15) is 38.1 Å². The van der Waals surface area contributed by atoms with Gasteiger partial charge >= 0.3 is 0 Å². The Morgan fingerprint density at radius 1 is 1.33 bits per heavy atom. The van der Waals surface area contributed by atoms with Gasteiger partial charge in [0.15, 0.2) is 0 Å². The van der Waals surface area contributed by atoms with E-state index in [0.29, 0.717) is 0 Å². The molecule has 2 aromatic heterocycles. The van der Waals surface area contributed by atoms with E-state index in [4.69, 9.17) is 0 Å². The van der Waals surface area contributed by atoms with E-state index in [1.807, 2.05) is 17.5 Å². The summed E-state index contributed by atoms with van der Waals surface area (Å²) in [6, 6.07) is 4.37. The molecule has 0 fully saturated rings. The molecular weight excluding hydrogens is 242 g/mol. The Labute approximate surface area is 113 Å². The van der Waals surface area contributed by atoms with E-state index in [9.17, 15) is 0 Å². The number of thiophene rings is 1. The van der Waals surface area contributed by atoms with E-state index in [-0.39, 0.29) is 5.54 Å². The zero-order chi connectivity index (χ0) is 13.2. The Bertz CT molecular complexity index is 505. The van der Waals surface area contributed by atoms with Crippen LogP contribution in [-0.2, 0) is 13.0 Å². The molecule has 98 valence electrons. The molecule has 4 heteroatoms. The van der Waals surface area contributed by atoms with Crippen LogP contribution >= 0.6 is 11.3 Å². The average molecular weight is 263 g/mol. The second kappa shape index (κ2) is 5.24. The number of hydrogen-bond acceptors (Lipinski definition) is 3. The smallest absolute Gasteiger partial charge is 0.0794 e. The molecule has 0 saturated heterocycles. The van der Waals surface area contributed by atoms with Gasteiger partial charge in [-0.2, -0.15) is 5.10 Å². The van der Waals surface area contributed by atoms with Crippen LogP contribution in [0.4, 0.5) is 0 Å². The number of rotatable bonds is 4. The van der Waals surface area contributed by atoms with Crippen LogP contribution < -0.4 is 5.32 Å². The zero-order valence-corrected chi connectivity index (χ0v) is 12.3. The molecular formula is C14H21N3S. The zero-order valence-electron chi connectivity index (χ0n) is 11.5. The van der Waals surface area contributed by atoms with Gasteiger partial charge in [-0.05, 0) is 39.3 Å². The molecule has 0 bridgehead atoms. The molecule has 0 radical (unpaired) electrons. The number of hydrogen-bond donors (Lipinski definition) is 2. The van der Waals surface area contributed by atoms with Crippen molar-refractivity contribution >= 4 is 11.3 Å². The summed E-state index contributed by atoms with van der Waals surface area (Å²) in [7, 11) is 0. The predicted molar refractivity (Wildman–Crippen MR) is 77.9 cm³/mol. The van der Waals surface area contributed by atoms with Crippen LogP contribution in [0, 0.1) is 0 Å². The second-order valence-corrected chi connectivity index (χ2v) is 6.66. The average Bonchev–Trinajstić information content (AvgIpc) is 2.93. The predicted octanol–water partition coefficient (Wildman–Crippen LogP) is 3.59. The second-order valence-electron chi connectivity index (χ2n) is 5.49. The number of nitrogens with one attached hydrogen (secondary N) is 2. The first-order valence-electron chi connectivity index (χ1n) is 6.36. The van der Waals surface area contributed by atoms with E-state index in [1.54, 1.807) is 0 Å². The summed E-state index contributed by atoms with van der Waals surface area (Å²) < 4.78 is 0.